The lowest BCUT2D eigenvalue weighted by Gasteiger charge is -2.45. The molecule has 2 atom stereocenters. The topological polar surface area (TPSA) is 86.5 Å². The van der Waals surface area contributed by atoms with Crippen LogP contribution in [-0.2, 0) is 19.7 Å². The molecule has 5 nitrogen and oxygen atoms in total. The van der Waals surface area contributed by atoms with Crippen molar-refractivity contribution < 1.29 is 26.4 Å². The smallest absolute Gasteiger partial charge is 0.294 e. The number of hydrogen-bond donors (Lipinski definition) is 1. The summed E-state index contributed by atoms with van der Waals surface area (Å²) in [6.45, 7) is 7.65. The molecule has 0 saturated heterocycles. The highest BCUT2D eigenvalue weighted by Crippen LogP contribution is 2.47. The summed E-state index contributed by atoms with van der Waals surface area (Å²) in [5.74, 6) is -0.414. The number of alkyl halides is 1. The second kappa shape index (κ2) is 10.1. The highest BCUT2D eigenvalue weighted by atomic mass is 32.2. The third kappa shape index (κ3) is 5.67. The molecule has 1 amide bonds. The highest BCUT2D eigenvalue weighted by molar-refractivity contribution is 7.91. The average Bonchev–Trinajstić information content (AvgIpc) is 2.80. The van der Waals surface area contributed by atoms with Gasteiger partial charge in [-0.1, -0.05) is 51.1 Å². The van der Waals surface area contributed by atoms with Gasteiger partial charge in [0.1, 0.15) is 5.82 Å². The van der Waals surface area contributed by atoms with Crippen LogP contribution < -0.4 is 5.73 Å². The van der Waals surface area contributed by atoms with Gasteiger partial charge in [0.05, 0.1) is 4.90 Å². The van der Waals surface area contributed by atoms with Crippen molar-refractivity contribution in [2.75, 3.05) is 0 Å². The summed E-state index contributed by atoms with van der Waals surface area (Å²) in [4.78, 5) is 12.3. The van der Waals surface area contributed by atoms with E-state index >= 15 is 4.39 Å². The largest absolute Gasteiger partial charge is 0.404 e. The van der Waals surface area contributed by atoms with E-state index < -0.39 is 45.5 Å². The van der Waals surface area contributed by atoms with Gasteiger partial charge in [0, 0.05) is 12.5 Å². The van der Waals surface area contributed by atoms with Crippen molar-refractivity contribution in [3.63, 3.8) is 0 Å². The molecule has 0 radical (unpaired) electrons. The van der Waals surface area contributed by atoms with Gasteiger partial charge in [-0.3, -0.25) is 4.79 Å². The van der Waals surface area contributed by atoms with Crippen LogP contribution in [0.25, 0.3) is 0 Å². The maximum atomic E-state index is 15.5. The van der Waals surface area contributed by atoms with Crippen LogP contribution in [-0.4, -0.2) is 33.9 Å². The fraction of sp³-hybridized carbons (Fsp3) is 0.500. The third-order valence-electron chi connectivity index (χ3n) is 7.61. The van der Waals surface area contributed by atoms with Gasteiger partial charge in [-0.2, -0.15) is 0 Å². The van der Waals surface area contributed by atoms with Gasteiger partial charge in [-0.25, -0.2) is 17.2 Å². The first kappa shape index (κ1) is 27.5. The zero-order chi connectivity index (χ0) is 26.1. The normalized spacial score (nSPS) is 23.9. The van der Waals surface area contributed by atoms with Crippen molar-refractivity contribution in [1.29, 1.82) is 0 Å². The molecule has 3 rings (SSSR count). The minimum absolute atomic E-state index is 0.0628. The van der Waals surface area contributed by atoms with Crippen molar-refractivity contribution in [1.82, 2.24) is 0 Å². The van der Waals surface area contributed by atoms with Gasteiger partial charge in [0.2, 0.25) is 20.9 Å². The van der Waals surface area contributed by atoms with Crippen LogP contribution >= 0.6 is 0 Å². The van der Waals surface area contributed by atoms with E-state index in [0.717, 1.165) is 0 Å². The minimum Gasteiger partial charge on any atom is -0.404 e. The molecule has 0 aromatic heterocycles. The first-order valence-corrected chi connectivity index (χ1v) is 15.8. The Labute approximate surface area is 208 Å². The molecule has 1 aliphatic carbocycles. The van der Waals surface area contributed by atoms with Gasteiger partial charge in [-0.05, 0) is 72.5 Å². The zero-order valence-electron chi connectivity index (χ0n) is 20.8. The number of carbonyl (C=O) groups excluding carboxylic acids is 1. The van der Waals surface area contributed by atoms with Gasteiger partial charge in [0.25, 0.3) is 8.32 Å². The number of carbonyl (C=O) groups is 1. The van der Waals surface area contributed by atoms with E-state index in [1.807, 2.05) is 27.3 Å². The molecular weight excluding hydrogens is 488 g/mol. The second-order valence-corrected chi connectivity index (χ2v) is 17.1. The number of primary amides is 1. The van der Waals surface area contributed by atoms with Crippen LogP contribution in [0.4, 0.5) is 13.6 Å². The number of benzene rings is 2. The lowest BCUT2D eigenvalue weighted by atomic mass is 9.67. The minimum atomic E-state index is -4.19. The Morgan fingerprint density at radius 2 is 1.66 bits per heavy atom. The summed E-state index contributed by atoms with van der Waals surface area (Å²) in [6.07, 6.45) is 1.44. The molecule has 1 saturated carbocycles. The predicted molar refractivity (Wildman–Crippen MR) is 135 cm³/mol. The second-order valence-electron chi connectivity index (χ2n) is 10.7. The molecule has 2 aromatic carbocycles. The molecule has 0 aliphatic heterocycles. The van der Waals surface area contributed by atoms with E-state index in [2.05, 4.69) is 0 Å². The SMILES string of the molecule is CC(C)(C)[Si](C)(OC1CCC(CC(F)S(=O)(=O)c2ccccc2)(c2ccc(F)cc2)CC1)C(N)=O. The first-order chi connectivity index (χ1) is 16.2. The van der Waals surface area contributed by atoms with E-state index in [9.17, 15) is 17.6 Å². The number of amides is 1. The van der Waals surface area contributed by atoms with E-state index in [-0.39, 0.29) is 17.4 Å². The Bertz CT molecular complexity index is 1130. The van der Waals surface area contributed by atoms with Crippen molar-refractivity contribution >= 4 is 23.7 Å². The molecular formula is C26H35F2NO4SSi. The van der Waals surface area contributed by atoms with E-state index in [1.165, 1.54) is 24.3 Å². The molecule has 0 heterocycles. The molecule has 1 aliphatic rings. The lowest BCUT2D eigenvalue weighted by molar-refractivity contribution is 0.0942. The predicted octanol–water partition coefficient (Wildman–Crippen LogP) is 6.22. The maximum Gasteiger partial charge on any atom is 0.294 e. The molecule has 0 bridgehead atoms. The van der Waals surface area contributed by atoms with E-state index in [1.54, 1.807) is 30.3 Å². The Hall–Kier alpha value is -2.10. The summed E-state index contributed by atoms with van der Waals surface area (Å²) in [6, 6.07) is 13.4. The maximum absolute atomic E-state index is 15.5. The summed E-state index contributed by atoms with van der Waals surface area (Å²) in [5, 5.41) is -0.405. The van der Waals surface area contributed by atoms with Crippen LogP contribution in [0.5, 0.6) is 0 Å². The molecule has 2 aromatic rings. The summed E-state index contributed by atoms with van der Waals surface area (Å²) < 4.78 is 61.5. The summed E-state index contributed by atoms with van der Waals surface area (Å²) in [5.41, 5.74) is 3.11. The van der Waals surface area contributed by atoms with Gasteiger partial charge < -0.3 is 10.2 Å². The summed E-state index contributed by atoms with van der Waals surface area (Å²) >= 11 is 0. The fourth-order valence-electron chi connectivity index (χ4n) is 4.79. The molecule has 35 heavy (non-hydrogen) atoms. The number of sulfone groups is 1. The van der Waals surface area contributed by atoms with Gasteiger partial charge >= 0.3 is 0 Å². The van der Waals surface area contributed by atoms with Crippen LogP contribution in [0.15, 0.2) is 59.5 Å². The van der Waals surface area contributed by atoms with Gasteiger partial charge in [-0.15, -0.1) is 0 Å². The lowest BCUT2D eigenvalue weighted by Crippen LogP contribution is -2.57. The van der Waals surface area contributed by atoms with Gasteiger partial charge in [0.15, 0.2) is 0 Å². The van der Waals surface area contributed by atoms with Crippen LogP contribution in [0.3, 0.4) is 0 Å². The number of nitrogens with two attached hydrogens (primary N) is 1. The van der Waals surface area contributed by atoms with Crippen molar-refractivity contribution in [3.8, 4) is 0 Å². The van der Waals surface area contributed by atoms with Crippen molar-refractivity contribution in [2.24, 2.45) is 5.73 Å². The van der Waals surface area contributed by atoms with Crippen molar-refractivity contribution in [3.05, 3.63) is 66.0 Å². The monoisotopic (exact) mass is 523 g/mol. The number of rotatable bonds is 8. The zero-order valence-corrected chi connectivity index (χ0v) is 22.6. The van der Waals surface area contributed by atoms with Crippen LogP contribution in [0, 0.1) is 5.82 Å². The molecule has 192 valence electrons. The average molecular weight is 524 g/mol. The molecule has 2 N–H and O–H groups in total. The Morgan fingerprint density at radius 3 is 2.14 bits per heavy atom. The number of halogens is 2. The molecule has 9 heteroatoms. The molecule has 0 spiro atoms. The fourth-order valence-corrected chi connectivity index (χ4v) is 8.27. The Kier molecular flexibility index (Phi) is 7.93. The first-order valence-electron chi connectivity index (χ1n) is 11.9. The Balaban J connectivity index is 1.87. The van der Waals surface area contributed by atoms with E-state index in [0.29, 0.717) is 31.2 Å². The van der Waals surface area contributed by atoms with Crippen molar-refractivity contribution in [2.45, 2.75) is 86.4 Å². The standard InChI is InChI=1S/C26H35F2NO4SSi/c1-25(2,3)35(4,24(29)30)33-21-14-16-26(17-15-21,19-10-12-20(27)13-11-19)18-23(28)34(31,32)22-8-6-5-7-9-22/h5-13,21,23H,14-18H2,1-4H3,(H2,29,30). The number of hydrogen-bond acceptors (Lipinski definition) is 4. The molecule has 1 fully saturated rings. The van der Waals surface area contributed by atoms with Crippen LogP contribution in [0.2, 0.25) is 11.6 Å². The van der Waals surface area contributed by atoms with E-state index in [4.69, 9.17) is 10.2 Å². The molecule has 2 unspecified atom stereocenters. The van der Waals surface area contributed by atoms with Crippen LogP contribution in [0.1, 0.15) is 58.4 Å². The summed E-state index contributed by atoms with van der Waals surface area (Å²) in [7, 11) is -7.13. The Morgan fingerprint density at radius 1 is 1.11 bits per heavy atom. The third-order valence-corrected chi connectivity index (χ3v) is 14.0. The highest BCUT2D eigenvalue weighted by Gasteiger charge is 2.51. The quantitative estimate of drug-likeness (QED) is 0.416.